The lowest BCUT2D eigenvalue weighted by Crippen LogP contribution is -1.96. The van der Waals surface area contributed by atoms with Gasteiger partial charge in [0.1, 0.15) is 12.2 Å². The van der Waals surface area contributed by atoms with Crippen molar-refractivity contribution in [1.82, 2.24) is 24.5 Å². The number of aryl methyl sites for hydroxylation is 1. The first-order valence-electron chi connectivity index (χ1n) is 6.47. The number of imidazole rings is 1. The van der Waals surface area contributed by atoms with Gasteiger partial charge in [-0.25, -0.2) is 19.9 Å². The Morgan fingerprint density at radius 1 is 1.14 bits per heavy atom. The summed E-state index contributed by atoms with van der Waals surface area (Å²) < 4.78 is 3.21. The lowest BCUT2D eigenvalue weighted by Gasteiger charge is -2.07. The third-order valence-corrected chi connectivity index (χ3v) is 4.15. The van der Waals surface area contributed by atoms with Crippen LogP contribution in [0.25, 0.3) is 27.3 Å². The molecule has 0 bridgehead atoms. The monoisotopic (exact) mass is 293 g/mol. The van der Waals surface area contributed by atoms with E-state index < -0.39 is 0 Å². The summed E-state index contributed by atoms with van der Waals surface area (Å²) in [4.78, 5) is 17.0. The summed E-state index contributed by atoms with van der Waals surface area (Å²) in [5, 5.41) is 1.07. The van der Waals surface area contributed by atoms with Gasteiger partial charge in [-0.3, -0.25) is 4.57 Å². The average molecular weight is 293 g/mol. The first kappa shape index (κ1) is 12.2. The molecule has 0 saturated carbocycles. The van der Waals surface area contributed by atoms with Gasteiger partial charge in [0.2, 0.25) is 0 Å². The van der Waals surface area contributed by atoms with Gasteiger partial charge in [0.05, 0.1) is 20.8 Å². The molecule has 0 unspecified atom stereocenters. The van der Waals surface area contributed by atoms with Crippen LogP contribution < -0.4 is 0 Å². The van der Waals surface area contributed by atoms with Gasteiger partial charge in [-0.15, -0.1) is 11.3 Å². The van der Waals surface area contributed by atoms with Crippen LogP contribution in [0.1, 0.15) is 5.01 Å². The predicted octanol–water partition coefficient (Wildman–Crippen LogP) is 3.25. The first-order valence-corrected chi connectivity index (χ1v) is 7.29. The minimum absolute atomic E-state index is 0.830. The van der Waals surface area contributed by atoms with E-state index in [9.17, 15) is 0 Å². The van der Waals surface area contributed by atoms with Crippen LogP contribution >= 0.6 is 11.3 Å². The van der Waals surface area contributed by atoms with Gasteiger partial charge >= 0.3 is 0 Å². The van der Waals surface area contributed by atoms with Crippen molar-refractivity contribution in [2.24, 2.45) is 0 Å². The van der Waals surface area contributed by atoms with Crippen molar-refractivity contribution in [3.05, 3.63) is 54.3 Å². The summed E-state index contributed by atoms with van der Waals surface area (Å²) in [7, 11) is 0. The normalized spacial score (nSPS) is 11.1. The van der Waals surface area contributed by atoms with E-state index in [4.69, 9.17) is 0 Å². The molecule has 0 N–H and O–H groups in total. The van der Waals surface area contributed by atoms with E-state index >= 15 is 0 Å². The van der Waals surface area contributed by atoms with E-state index in [2.05, 4.69) is 32.1 Å². The Labute approximate surface area is 125 Å². The molecule has 4 rings (SSSR count). The second-order valence-corrected chi connectivity index (χ2v) is 5.87. The molecule has 21 heavy (non-hydrogen) atoms. The predicted molar refractivity (Wildman–Crippen MR) is 82.5 cm³/mol. The molecule has 0 radical (unpaired) electrons. The van der Waals surface area contributed by atoms with E-state index in [0.717, 1.165) is 27.6 Å². The van der Waals surface area contributed by atoms with Crippen LogP contribution in [0.2, 0.25) is 0 Å². The first-order chi connectivity index (χ1) is 10.3. The summed E-state index contributed by atoms with van der Waals surface area (Å²) in [5.41, 5.74) is 2.98. The highest BCUT2D eigenvalue weighted by molar-refractivity contribution is 7.18. The SMILES string of the molecule is Cc1nc2ccc(-n3ccnc3-c3cncnc3)cc2s1. The lowest BCUT2D eigenvalue weighted by molar-refractivity contribution is 1.05. The molecule has 3 heterocycles. The van der Waals surface area contributed by atoms with E-state index in [-0.39, 0.29) is 0 Å². The Kier molecular flexibility index (Phi) is 2.75. The number of aromatic nitrogens is 5. The Bertz CT molecular complexity index is 910. The maximum Gasteiger partial charge on any atom is 0.147 e. The molecule has 0 spiro atoms. The van der Waals surface area contributed by atoms with Crippen molar-refractivity contribution in [2.75, 3.05) is 0 Å². The van der Waals surface area contributed by atoms with E-state index in [1.54, 1.807) is 29.9 Å². The fourth-order valence-corrected chi connectivity index (χ4v) is 3.18. The number of nitrogens with zero attached hydrogens (tertiary/aromatic N) is 5. The molecular weight excluding hydrogens is 282 g/mol. The van der Waals surface area contributed by atoms with Crippen LogP contribution in [-0.2, 0) is 0 Å². The number of hydrogen-bond acceptors (Lipinski definition) is 5. The van der Waals surface area contributed by atoms with Gasteiger partial charge in [0, 0.05) is 30.5 Å². The van der Waals surface area contributed by atoms with E-state index in [0.29, 0.717) is 0 Å². The van der Waals surface area contributed by atoms with Crippen LogP contribution in [0.4, 0.5) is 0 Å². The molecule has 0 aliphatic carbocycles. The van der Waals surface area contributed by atoms with Crippen molar-refractivity contribution in [3.63, 3.8) is 0 Å². The molecule has 5 nitrogen and oxygen atoms in total. The summed E-state index contributed by atoms with van der Waals surface area (Å²) >= 11 is 1.70. The number of benzene rings is 1. The third kappa shape index (κ3) is 2.09. The lowest BCUT2D eigenvalue weighted by atomic mass is 10.2. The Balaban J connectivity index is 1.87. The quantitative estimate of drug-likeness (QED) is 0.569. The summed E-state index contributed by atoms with van der Waals surface area (Å²) in [5.74, 6) is 0.830. The molecule has 6 heteroatoms. The molecule has 102 valence electrons. The third-order valence-electron chi connectivity index (χ3n) is 3.22. The molecule has 4 aromatic rings. The second-order valence-electron chi connectivity index (χ2n) is 4.63. The maximum atomic E-state index is 4.49. The summed E-state index contributed by atoms with van der Waals surface area (Å²) in [6.45, 7) is 2.02. The highest BCUT2D eigenvalue weighted by atomic mass is 32.1. The standard InChI is InChI=1S/C15H11N5S/c1-10-19-13-3-2-12(6-14(13)21-10)20-5-4-18-15(20)11-7-16-9-17-8-11/h2-9H,1H3. The van der Waals surface area contributed by atoms with Crippen molar-refractivity contribution >= 4 is 21.6 Å². The highest BCUT2D eigenvalue weighted by Gasteiger charge is 2.09. The molecule has 1 aromatic carbocycles. The van der Waals surface area contributed by atoms with Crippen molar-refractivity contribution in [1.29, 1.82) is 0 Å². The molecule has 0 fully saturated rings. The fourth-order valence-electron chi connectivity index (χ4n) is 2.32. The van der Waals surface area contributed by atoms with E-state index in [1.807, 2.05) is 23.8 Å². The van der Waals surface area contributed by atoms with Crippen molar-refractivity contribution in [2.45, 2.75) is 6.92 Å². The average Bonchev–Trinajstić information content (AvgIpc) is 3.12. The Hall–Kier alpha value is -2.60. The zero-order chi connectivity index (χ0) is 14.2. The molecule has 0 atom stereocenters. The van der Waals surface area contributed by atoms with Gasteiger partial charge in [0.25, 0.3) is 0 Å². The molecule has 0 aliphatic rings. The summed E-state index contributed by atoms with van der Waals surface area (Å²) in [6.07, 6.45) is 8.77. The van der Waals surface area contributed by atoms with Gasteiger partial charge in [-0.1, -0.05) is 0 Å². The minimum Gasteiger partial charge on any atom is -0.300 e. The van der Waals surface area contributed by atoms with Crippen molar-refractivity contribution < 1.29 is 0 Å². The zero-order valence-electron chi connectivity index (χ0n) is 11.3. The highest BCUT2D eigenvalue weighted by Crippen LogP contribution is 2.26. The number of thiazole rings is 1. The smallest absolute Gasteiger partial charge is 0.147 e. The second kappa shape index (κ2) is 4.75. The Morgan fingerprint density at radius 2 is 2.00 bits per heavy atom. The summed E-state index contributed by atoms with van der Waals surface area (Å²) in [6, 6.07) is 6.23. The topological polar surface area (TPSA) is 56.5 Å². The van der Waals surface area contributed by atoms with Gasteiger partial charge < -0.3 is 0 Å². The zero-order valence-corrected chi connectivity index (χ0v) is 12.1. The Morgan fingerprint density at radius 3 is 2.86 bits per heavy atom. The van der Waals surface area contributed by atoms with Crippen LogP contribution in [0.15, 0.2) is 49.3 Å². The molecule has 0 aliphatic heterocycles. The van der Waals surface area contributed by atoms with Gasteiger partial charge in [-0.2, -0.15) is 0 Å². The number of rotatable bonds is 2. The molecule has 0 saturated heterocycles. The number of fused-ring (bicyclic) bond motifs is 1. The van der Waals surface area contributed by atoms with Crippen molar-refractivity contribution in [3.8, 4) is 17.1 Å². The van der Waals surface area contributed by atoms with Crippen LogP contribution in [0.5, 0.6) is 0 Å². The van der Waals surface area contributed by atoms with Crippen LogP contribution in [0.3, 0.4) is 0 Å². The van der Waals surface area contributed by atoms with Crippen LogP contribution in [0, 0.1) is 6.92 Å². The maximum absolute atomic E-state index is 4.49. The molecule has 3 aromatic heterocycles. The fraction of sp³-hybridized carbons (Fsp3) is 0.0667. The molecular formula is C15H11N5S. The molecule has 0 amide bonds. The van der Waals surface area contributed by atoms with Gasteiger partial charge in [-0.05, 0) is 25.1 Å². The van der Waals surface area contributed by atoms with E-state index in [1.165, 1.54) is 11.0 Å². The van der Waals surface area contributed by atoms with Gasteiger partial charge in [0.15, 0.2) is 0 Å². The largest absolute Gasteiger partial charge is 0.300 e. The van der Waals surface area contributed by atoms with Crippen LogP contribution in [-0.4, -0.2) is 24.5 Å². The minimum atomic E-state index is 0.830. The number of hydrogen-bond donors (Lipinski definition) is 0.